The second-order valence-corrected chi connectivity index (χ2v) is 11.1. The standard InChI is InChI=1S/C21H22FN3O3.C9H10S.CH4O/c1-28-18-10-13(5-7-17(18)22)19(21(27)25-8-2-3-9-25)24-15-6-4-14-12-23-20(26)16(14)11-15;1-2-4-8(5-3-1)10-9-6-7-9;1-2/h4-7,10-11,19,24H,2-3,8-9,12H2,1H3,(H,23,26);1-5,9H,6-7H2;2H,1H3. The van der Waals surface area contributed by atoms with Crippen LogP contribution in [0.25, 0.3) is 0 Å². The van der Waals surface area contributed by atoms with Crippen LogP contribution in [0.4, 0.5) is 10.1 Å². The van der Waals surface area contributed by atoms with Gasteiger partial charge in [0, 0.05) is 48.1 Å². The highest BCUT2D eigenvalue weighted by atomic mass is 32.2. The Morgan fingerprint density at radius 1 is 1.07 bits per heavy atom. The molecule has 3 aromatic rings. The Bertz CT molecular complexity index is 1300. The van der Waals surface area contributed by atoms with E-state index in [2.05, 4.69) is 41.0 Å². The Morgan fingerprint density at radius 2 is 1.80 bits per heavy atom. The van der Waals surface area contributed by atoms with Gasteiger partial charge >= 0.3 is 0 Å². The topological polar surface area (TPSA) is 90.9 Å². The van der Waals surface area contributed by atoms with Gasteiger partial charge < -0.3 is 25.4 Å². The predicted octanol–water partition coefficient (Wildman–Crippen LogP) is 5.40. The molecule has 1 aliphatic carbocycles. The zero-order valence-electron chi connectivity index (χ0n) is 22.9. The lowest BCUT2D eigenvalue weighted by atomic mass is 10.0. The lowest BCUT2D eigenvalue weighted by Crippen LogP contribution is -2.36. The minimum absolute atomic E-state index is 0.0730. The van der Waals surface area contributed by atoms with Crippen LogP contribution in [0.15, 0.2) is 71.6 Å². The van der Waals surface area contributed by atoms with Crippen molar-refractivity contribution < 1.29 is 23.8 Å². The summed E-state index contributed by atoms with van der Waals surface area (Å²) < 4.78 is 19.0. The molecule has 0 radical (unpaired) electrons. The van der Waals surface area contributed by atoms with Gasteiger partial charge in [-0.05, 0) is 73.2 Å². The Morgan fingerprint density at radius 3 is 2.48 bits per heavy atom. The van der Waals surface area contributed by atoms with Gasteiger partial charge in [-0.25, -0.2) is 4.39 Å². The zero-order chi connectivity index (χ0) is 28.5. The number of nitrogens with one attached hydrogen (secondary N) is 2. The molecular formula is C31H36FN3O4S. The number of methoxy groups -OCH3 is 1. The lowest BCUT2D eigenvalue weighted by molar-refractivity contribution is -0.131. The molecule has 212 valence electrons. The first-order chi connectivity index (χ1) is 19.5. The van der Waals surface area contributed by atoms with Crippen LogP contribution in [0.5, 0.6) is 5.75 Å². The van der Waals surface area contributed by atoms with Crippen LogP contribution >= 0.6 is 11.8 Å². The maximum Gasteiger partial charge on any atom is 0.251 e. The van der Waals surface area contributed by atoms with Gasteiger partial charge in [-0.2, -0.15) is 0 Å². The first kappa shape index (κ1) is 29.4. The Hall–Kier alpha value is -3.56. The van der Waals surface area contributed by atoms with E-state index < -0.39 is 11.9 Å². The number of hydrogen-bond donors (Lipinski definition) is 3. The Kier molecular flexibility index (Phi) is 10.4. The number of amides is 2. The average Bonchev–Trinajstić information content (AvgIpc) is 3.48. The molecule has 2 fully saturated rings. The highest BCUT2D eigenvalue weighted by molar-refractivity contribution is 8.00. The summed E-state index contributed by atoms with van der Waals surface area (Å²) in [5.41, 5.74) is 2.81. The van der Waals surface area contributed by atoms with Crippen molar-refractivity contribution in [2.45, 2.75) is 48.4 Å². The summed E-state index contributed by atoms with van der Waals surface area (Å²) in [6, 6.07) is 19.8. The van der Waals surface area contributed by atoms with E-state index in [4.69, 9.17) is 9.84 Å². The highest BCUT2D eigenvalue weighted by Crippen LogP contribution is 2.38. The second kappa shape index (κ2) is 14.2. The Balaban J connectivity index is 0.000000256. The molecule has 1 saturated carbocycles. The van der Waals surface area contributed by atoms with Crippen molar-refractivity contribution in [3.8, 4) is 5.75 Å². The number of ether oxygens (including phenoxy) is 1. The summed E-state index contributed by atoms with van der Waals surface area (Å²) in [7, 11) is 2.39. The molecular weight excluding hydrogens is 529 g/mol. The SMILES string of the molecule is CO.COc1cc(C(Nc2ccc3c(c2)C(=O)NC3)C(=O)N2CCCC2)ccc1F.c1ccc(SC2CC2)cc1. The van der Waals surface area contributed by atoms with Crippen LogP contribution < -0.4 is 15.4 Å². The van der Waals surface area contributed by atoms with E-state index in [0.717, 1.165) is 30.8 Å². The second-order valence-electron chi connectivity index (χ2n) is 9.69. The molecule has 3 aromatic carbocycles. The van der Waals surface area contributed by atoms with Crippen molar-refractivity contribution in [1.82, 2.24) is 10.2 Å². The number of nitrogens with zero attached hydrogens (tertiary/aromatic N) is 1. The highest BCUT2D eigenvalue weighted by Gasteiger charge is 2.29. The minimum atomic E-state index is -0.699. The molecule has 2 heterocycles. The third kappa shape index (κ3) is 7.55. The maximum atomic E-state index is 13.9. The van der Waals surface area contributed by atoms with E-state index in [0.29, 0.717) is 36.4 Å². The normalized spacial score (nSPS) is 16.0. The summed E-state index contributed by atoms with van der Waals surface area (Å²) in [5, 5.41) is 14.0. The van der Waals surface area contributed by atoms with E-state index in [9.17, 15) is 14.0 Å². The van der Waals surface area contributed by atoms with Crippen molar-refractivity contribution in [3.63, 3.8) is 0 Å². The fourth-order valence-corrected chi connectivity index (χ4v) is 5.68. The lowest BCUT2D eigenvalue weighted by Gasteiger charge is -2.25. The van der Waals surface area contributed by atoms with E-state index in [1.165, 1.54) is 30.9 Å². The first-order valence-electron chi connectivity index (χ1n) is 13.5. The quantitative estimate of drug-likeness (QED) is 0.355. The number of fused-ring (bicyclic) bond motifs is 1. The van der Waals surface area contributed by atoms with Crippen LogP contribution in [0.1, 0.15) is 53.2 Å². The number of aliphatic hydroxyl groups is 1. The minimum Gasteiger partial charge on any atom is -0.494 e. The molecule has 40 heavy (non-hydrogen) atoms. The van der Waals surface area contributed by atoms with Gasteiger partial charge in [0.1, 0.15) is 6.04 Å². The molecule has 1 atom stereocenters. The summed E-state index contributed by atoms with van der Waals surface area (Å²) in [6.07, 6.45) is 4.79. The van der Waals surface area contributed by atoms with Gasteiger partial charge in [0.2, 0.25) is 5.91 Å². The predicted molar refractivity (Wildman–Crippen MR) is 156 cm³/mol. The molecule has 3 aliphatic rings. The largest absolute Gasteiger partial charge is 0.494 e. The number of halogens is 1. The van der Waals surface area contributed by atoms with Crippen LogP contribution in [0.2, 0.25) is 0 Å². The smallest absolute Gasteiger partial charge is 0.251 e. The zero-order valence-corrected chi connectivity index (χ0v) is 23.7. The average molecular weight is 566 g/mol. The van der Waals surface area contributed by atoms with E-state index in [1.54, 1.807) is 18.2 Å². The van der Waals surface area contributed by atoms with E-state index >= 15 is 0 Å². The molecule has 0 bridgehead atoms. The number of aliphatic hydroxyl groups excluding tert-OH is 1. The first-order valence-corrected chi connectivity index (χ1v) is 14.4. The Labute approximate surface area is 239 Å². The van der Waals surface area contributed by atoms with Gasteiger partial charge in [-0.15, -0.1) is 11.8 Å². The molecule has 0 aromatic heterocycles. The number of thioether (sulfide) groups is 1. The molecule has 1 saturated heterocycles. The third-order valence-corrected chi connectivity index (χ3v) is 8.20. The number of hydrogen-bond acceptors (Lipinski definition) is 6. The maximum absolute atomic E-state index is 13.9. The van der Waals surface area contributed by atoms with Crippen LogP contribution in [-0.2, 0) is 11.3 Å². The van der Waals surface area contributed by atoms with Crippen molar-refractivity contribution in [3.05, 3.63) is 89.2 Å². The third-order valence-electron chi connectivity index (χ3n) is 6.85. The molecule has 7 nitrogen and oxygen atoms in total. The molecule has 9 heteroatoms. The molecule has 1 unspecified atom stereocenters. The summed E-state index contributed by atoms with van der Waals surface area (Å²) >= 11 is 2.01. The van der Waals surface area contributed by atoms with Crippen LogP contribution in [0, 0.1) is 5.82 Å². The van der Waals surface area contributed by atoms with Gasteiger partial charge in [0.25, 0.3) is 5.91 Å². The summed E-state index contributed by atoms with van der Waals surface area (Å²) in [6.45, 7) is 1.93. The van der Waals surface area contributed by atoms with Gasteiger partial charge in [-0.1, -0.05) is 30.3 Å². The summed E-state index contributed by atoms with van der Waals surface area (Å²) in [4.78, 5) is 28.4. The van der Waals surface area contributed by atoms with Crippen LogP contribution in [0.3, 0.4) is 0 Å². The molecule has 0 spiro atoms. The van der Waals surface area contributed by atoms with Gasteiger partial charge in [0.15, 0.2) is 11.6 Å². The van der Waals surface area contributed by atoms with Gasteiger partial charge in [-0.3, -0.25) is 9.59 Å². The number of anilines is 1. The molecule has 2 amide bonds. The van der Waals surface area contributed by atoms with Gasteiger partial charge in [0.05, 0.1) is 7.11 Å². The van der Waals surface area contributed by atoms with Crippen molar-refractivity contribution in [2.24, 2.45) is 0 Å². The van der Waals surface area contributed by atoms with Crippen molar-refractivity contribution >= 4 is 29.3 Å². The fourth-order valence-electron chi connectivity index (χ4n) is 4.61. The number of carbonyl (C=O) groups excluding carboxylic acids is 2. The monoisotopic (exact) mass is 565 g/mol. The number of carbonyl (C=O) groups is 2. The van der Waals surface area contributed by atoms with Crippen molar-refractivity contribution in [1.29, 1.82) is 0 Å². The number of benzene rings is 3. The number of rotatable bonds is 7. The van der Waals surface area contributed by atoms with E-state index in [-0.39, 0.29) is 17.6 Å². The fraction of sp³-hybridized carbons (Fsp3) is 0.355. The van der Waals surface area contributed by atoms with Crippen molar-refractivity contribution in [2.75, 3.05) is 32.6 Å². The molecule has 2 aliphatic heterocycles. The molecule has 6 rings (SSSR count). The summed E-state index contributed by atoms with van der Waals surface area (Å²) in [5.74, 6) is -0.583. The number of likely N-dealkylation sites (tertiary alicyclic amines) is 1. The molecule has 3 N–H and O–H groups in total. The van der Waals surface area contributed by atoms with Crippen LogP contribution in [-0.4, -0.2) is 54.4 Å². The van der Waals surface area contributed by atoms with E-state index in [1.807, 2.05) is 28.8 Å².